The first kappa shape index (κ1) is 14.6. The highest BCUT2D eigenvalue weighted by Gasteiger charge is 2.32. The van der Waals surface area contributed by atoms with Gasteiger partial charge in [0.25, 0.3) is 5.91 Å². The van der Waals surface area contributed by atoms with Gasteiger partial charge in [0.2, 0.25) is 0 Å². The van der Waals surface area contributed by atoms with Gasteiger partial charge in [0.05, 0.1) is 0 Å². The van der Waals surface area contributed by atoms with Crippen LogP contribution in [0, 0.1) is 0 Å². The Morgan fingerprint density at radius 3 is 2.05 bits per heavy atom. The van der Waals surface area contributed by atoms with E-state index < -0.39 is 0 Å². The van der Waals surface area contributed by atoms with Crippen LogP contribution in [0.5, 0.6) is 0 Å². The van der Waals surface area contributed by atoms with Crippen LogP contribution in [-0.2, 0) is 5.41 Å². The highest BCUT2D eigenvalue weighted by Crippen LogP contribution is 2.28. The van der Waals surface area contributed by atoms with E-state index in [1.165, 1.54) is 18.4 Å². The molecule has 0 N–H and O–H groups in total. The minimum absolute atomic E-state index is 0.136. The molecule has 3 heteroatoms. The fraction of sp³-hybridized carbons (Fsp3) is 0.611. The van der Waals surface area contributed by atoms with Gasteiger partial charge in [-0.15, -0.1) is 0 Å². The standard InChI is InChI=1S/C18H26N2O/c1-18(2,3)15-6-4-14(5-7-15)17(21)20-12-10-19(11-13-20)16-8-9-16/h4-7,16H,8-13H2,1-3H3. The second-order valence-corrected chi connectivity index (χ2v) is 7.39. The second-order valence-electron chi connectivity index (χ2n) is 7.39. The van der Waals surface area contributed by atoms with Crippen molar-refractivity contribution in [1.29, 1.82) is 0 Å². The molecule has 2 aliphatic rings. The Bertz CT molecular complexity index is 503. The number of hydrogen-bond donors (Lipinski definition) is 0. The summed E-state index contributed by atoms with van der Waals surface area (Å²) in [5, 5.41) is 0. The largest absolute Gasteiger partial charge is 0.336 e. The lowest BCUT2D eigenvalue weighted by atomic mass is 9.86. The zero-order valence-electron chi connectivity index (χ0n) is 13.4. The van der Waals surface area contributed by atoms with Crippen molar-refractivity contribution < 1.29 is 4.79 Å². The maximum Gasteiger partial charge on any atom is 0.253 e. The lowest BCUT2D eigenvalue weighted by molar-refractivity contribution is 0.0627. The first-order chi connectivity index (χ1) is 9.95. The summed E-state index contributed by atoms with van der Waals surface area (Å²) in [5.74, 6) is 0.186. The third-order valence-electron chi connectivity index (χ3n) is 4.66. The third-order valence-corrected chi connectivity index (χ3v) is 4.66. The summed E-state index contributed by atoms with van der Waals surface area (Å²) in [6.07, 6.45) is 2.70. The highest BCUT2D eigenvalue weighted by molar-refractivity contribution is 5.94. The number of piperazine rings is 1. The number of hydrogen-bond acceptors (Lipinski definition) is 2. The van der Waals surface area contributed by atoms with Crippen LogP contribution >= 0.6 is 0 Å². The quantitative estimate of drug-likeness (QED) is 0.834. The number of carbonyl (C=O) groups is 1. The van der Waals surface area contributed by atoms with Crippen molar-refractivity contribution in [1.82, 2.24) is 9.80 Å². The molecule has 21 heavy (non-hydrogen) atoms. The van der Waals surface area contributed by atoms with E-state index in [9.17, 15) is 4.79 Å². The smallest absolute Gasteiger partial charge is 0.253 e. The fourth-order valence-electron chi connectivity index (χ4n) is 3.03. The summed E-state index contributed by atoms with van der Waals surface area (Å²) >= 11 is 0. The van der Waals surface area contributed by atoms with Crippen molar-refractivity contribution in [2.75, 3.05) is 26.2 Å². The van der Waals surface area contributed by atoms with E-state index in [4.69, 9.17) is 0 Å². The minimum Gasteiger partial charge on any atom is -0.336 e. The number of nitrogens with zero attached hydrogens (tertiary/aromatic N) is 2. The molecule has 0 bridgehead atoms. The maximum atomic E-state index is 12.6. The van der Waals surface area contributed by atoms with Gasteiger partial charge in [0.1, 0.15) is 0 Å². The molecule has 3 nitrogen and oxygen atoms in total. The van der Waals surface area contributed by atoms with E-state index in [1.807, 2.05) is 17.0 Å². The summed E-state index contributed by atoms with van der Waals surface area (Å²) in [6.45, 7) is 10.4. The molecule has 114 valence electrons. The van der Waals surface area contributed by atoms with Crippen molar-refractivity contribution in [2.45, 2.75) is 45.1 Å². The molecule has 3 rings (SSSR count). The van der Waals surface area contributed by atoms with Crippen LogP contribution in [0.15, 0.2) is 24.3 Å². The molecule has 0 spiro atoms. The predicted molar refractivity (Wildman–Crippen MR) is 85.6 cm³/mol. The van der Waals surface area contributed by atoms with E-state index >= 15 is 0 Å². The average molecular weight is 286 g/mol. The lowest BCUT2D eigenvalue weighted by Gasteiger charge is -2.35. The Labute approximate surface area is 127 Å². The summed E-state index contributed by atoms with van der Waals surface area (Å²) < 4.78 is 0. The van der Waals surface area contributed by atoms with Crippen molar-refractivity contribution >= 4 is 5.91 Å². The molecule has 1 aliphatic heterocycles. The van der Waals surface area contributed by atoms with Gasteiger partial charge < -0.3 is 4.90 Å². The first-order valence-electron chi connectivity index (χ1n) is 8.09. The van der Waals surface area contributed by atoms with Crippen LogP contribution in [0.1, 0.15) is 49.5 Å². The first-order valence-corrected chi connectivity index (χ1v) is 8.09. The zero-order chi connectivity index (χ0) is 15.0. The summed E-state index contributed by atoms with van der Waals surface area (Å²) in [4.78, 5) is 17.1. The van der Waals surface area contributed by atoms with Crippen LogP contribution in [-0.4, -0.2) is 47.9 Å². The Morgan fingerprint density at radius 1 is 1.00 bits per heavy atom. The second kappa shape index (κ2) is 5.45. The molecular weight excluding hydrogens is 260 g/mol. The molecule has 0 aromatic heterocycles. The van der Waals surface area contributed by atoms with Gasteiger partial charge in [-0.1, -0.05) is 32.9 Å². The average Bonchev–Trinajstić information content (AvgIpc) is 3.31. The predicted octanol–water partition coefficient (Wildman–Crippen LogP) is 2.90. The van der Waals surface area contributed by atoms with E-state index in [1.54, 1.807) is 0 Å². The zero-order valence-corrected chi connectivity index (χ0v) is 13.4. The van der Waals surface area contributed by atoms with E-state index in [-0.39, 0.29) is 11.3 Å². The normalized spacial score (nSPS) is 20.6. The van der Waals surface area contributed by atoms with Gasteiger partial charge >= 0.3 is 0 Å². The molecule has 1 aromatic rings. The molecule has 0 unspecified atom stereocenters. The molecule has 0 atom stereocenters. The number of carbonyl (C=O) groups excluding carboxylic acids is 1. The van der Waals surface area contributed by atoms with Gasteiger partial charge in [-0.05, 0) is 36.0 Å². The molecule has 2 fully saturated rings. The van der Waals surface area contributed by atoms with E-state index in [0.717, 1.165) is 37.8 Å². The van der Waals surface area contributed by atoms with Crippen molar-refractivity contribution in [3.8, 4) is 0 Å². The molecular formula is C18H26N2O. The van der Waals surface area contributed by atoms with Gasteiger partial charge in [-0.3, -0.25) is 9.69 Å². The van der Waals surface area contributed by atoms with Gasteiger partial charge in [-0.25, -0.2) is 0 Å². The van der Waals surface area contributed by atoms with Crippen LogP contribution in [0.3, 0.4) is 0 Å². The summed E-state index contributed by atoms with van der Waals surface area (Å²) in [7, 11) is 0. The summed E-state index contributed by atoms with van der Waals surface area (Å²) in [6, 6.07) is 8.96. The molecule has 1 aromatic carbocycles. The highest BCUT2D eigenvalue weighted by atomic mass is 16.2. The van der Waals surface area contributed by atoms with Gasteiger partial charge in [0.15, 0.2) is 0 Å². The van der Waals surface area contributed by atoms with Crippen molar-refractivity contribution in [2.24, 2.45) is 0 Å². The van der Waals surface area contributed by atoms with Gasteiger partial charge in [0, 0.05) is 37.8 Å². The van der Waals surface area contributed by atoms with Crippen molar-refractivity contribution in [3.63, 3.8) is 0 Å². The minimum atomic E-state index is 0.136. The molecule has 1 heterocycles. The van der Waals surface area contributed by atoms with Gasteiger partial charge in [-0.2, -0.15) is 0 Å². The Hall–Kier alpha value is -1.35. The van der Waals surface area contributed by atoms with Crippen LogP contribution in [0.25, 0.3) is 0 Å². The summed E-state index contributed by atoms with van der Waals surface area (Å²) in [5.41, 5.74) is 2.23. The Kier molecular flexibility index (Phi) is 3.78. The van der Waals surface area contributed by atoms with E-state index in [0.29, 0.717) is 0 Å². The fourth-order valence-corrected chi connectivity index (χ4v) is 3.03. The van der Waals surface area contributed by atoms with Crippen molar-refractivity contribution in [3.05, 3.63) is 35.4 Å². The topological polar surface area (TPSA) is 23.6 Å². The third kappa shape index (κ3) is 3.29. The maximum absolute atomic E-state index is 12.6. The molecule has 1 saturated carbocycles. The molecule has 1 aliphatic carbocycles. The lowest BCUT2D eigenvalue weighted by Crippen LogP contribution is -2.49. The molecule has 1 amide bonds. The van der Waals surface area contributed by atoms with Crippen LogP contribution < -0.4 is 0 Å². The monoisotopic (exact) mass is 286 g/mol. The SMILES string of the molecule is CC(C)(C)c1ccc(C(=O)N2CCN(C3CC3)CC2)cc1. The molecule has 1 saturated heterocycles. The van der Waals surface area contributed by atoms with Crippen LogP contribution in [0.4, 0.5) is 0 Å². The van der Waals surface area contributed by atoms with E-state index in [2.05, 4.69) is 37.8 Å². The number of amides is 1. The molecule has 0 radical (unpaired) electrons. The van der Waals surface area contributed by atoms with Crippen LogP contribution in [0.2, 0.25) is 0 Å². The number of rotatable bonds is 2. The Balaban J connectivity index is 1.62. The number of benzene rings is 1. The Morgan fingerprint density at radius 2 is 1.57 bits per heavy atom.